The van der Waals surface area contributed by atoms with Crippen molar-refractivity contribution in [2.75, 3.05) is 6.54 Å². The minimum absolute atomic E-state index is 0.282. The van der Waals surface area contributed by atoms with Gasteiger partial charge in [-0.1, -0.05) is 0 Å². The van der Waals surface area contributed by atoms with Crippen molar-refractivity contribution in [3.8, 4) is 0 Å². The van der Waals surface area contributed by atoms with Crippen LogP contribution >= 0.6 is 0 Å². The molecule has 0 spiro atoms. The first-order chi connectivity index (χ1) is 7.97. The Balaban J connectivity index is 4.72. The zero-order valence-corrected chi connectivity index (χ0v) is 11.0. The zero-order chi connectivity index (χ0) is 14.6. The van der Waals surface area contributed by atoms with Gasteiger partial charge in [-0.3, -0.25) is 10.1 Å². The molecule has 3 nitrogen and oxygen atoms in total. The summed E-state index contributed by atoms with van der Waals surface area (Å²) in [5.74, 6) is -0.626. The molecule has 108 valence electrons. The lowest BCUT2D eigenvalue weighted by atomic mass is 9.99. The van der Waals surface area contributed by atoms with E-state index in [2.05, 4.69) is 10.6 Å². The number of hydrogen-bond acceptors (Lipinski definition) is 2. The Bertz CT molecular complexity index is 273. The van der Waals surface area contributed by atoms with Crippen molar-refractivity contribution in [1.29, 1.82) is 0 Å². The molecule has 18 heavy (non-hydrogen) atoms. The largest absolute Gasteiger partial charge is 0.403 e. The minimum atomic E-state index is -4.47. The number of carbonyl (C=O) groups excluding carboxylic acids is 1. The zero-order valence-electron chi connectivity index (χ0n) is 11.0. The van der Waals surface area contributed by atoms with Gasteiger partial charge in [0.05, 0.1) is 6.04 Å². The van der Waals surface area contributed by atoms with Crippen LogP contribution in [-0.2, 0) is 4.79 Å². The van der Waals surface area contributed by atoms with Crippen molar-refractivity contribution >= 4 is 5.91 Å². The van der Waals surface area contributed by atoms with Gasteiger partial charge in [-0.25, -0.2) is 4.39 Å². The molecule has 2 atom stereocenters. The maximum atomic E-state index is 13.5. The van der Waals surface area contributed by atoms with Crippen LogP contribution in [-0.4, -0.2) is 36.4 Å². The van der Waals surface area contributed by atoms with E-state index in [1.807, 2.05) is 0 Å². The number of rotatable bonds is 6. The molecule has 0 aromatic rings. The number of hydrogen-bond donors (Lipinski definition) is 2. The van der Waals surface area contributed by atoms with Crippen LogP contribution in [0, 0.1) is 0 Å². The van der Waals surface area contributed by atoms with E-state index < -0.39 is 29.8 Å². The highest BCUT2D eigenvalue weighted by atomic mass is 19.4. The third kappa shape index (κ3) is 6.78. The van der Waals surface area contributed by atoms with Gasteiger partial charge >= 0.3 is 6.18 Å². The average molecular weight is 272 g/mol. The first kappa shape index (κ1) is 17.2. The molecule has 0 unspecified atom stereocenters. The van der Waals surface area contributed by atoms with E-state index in [4.69, 9.17) is 0 Å². The predicted octanol–water partition coefficient (Wildman–Crippen LogP) is 2.17. The first-order valence-electron chi connectivity index (χ1n) is 5.76. The molecule has 0 saturated heterocycles. The standard InChI is InChI=1S/C11H20F4N2O/c1-5-16-9(18)8(6-10(3,4)12)17-7(2)11(13,14)15/h7-8,17H,5-6H2,1-4H3,(H,16,18)/t7-,8-/m0/s1. The van der Waals surface area contributed by atoms with Gasteiger partial charge in [0.25, 0.3) is 0 Å². The number of amides is 1. The van der Waals surface area contributed by atoms with Crippen molar-refractivity contribution in [1.82, 2.24) is 10.6 Å². The predicted molar refractivity (Wildman–Crippen MR) is 60.9 cm³/mol. The molecule has 0 aliphatic heterocycles. The topological polar surface area (TPSA) is 41.1 Å². The van der Waals surface area contributed by atoms with Crippen molar-refractivity contribution in [3.05, 3.63) is 0 Å². The summed E-state index contributed by atoms with van der Waals surface area (Å²) >= 11 is 0. The van der Waals surface area contributed by atoms with Gasteiger partial charge in [-0.05, 0) is 27.7 Å². The van der Waals surface area contributed by atoms with Gasteiger partial charge in [-0.15, -0.1) is 0 Å². The maximum Gasteiger partial charge on any atom is 0.403 e. The molecule has 0 fully saturated rings. The van der Waals surface area contributed by atoms with Gasteiger partial charge < -0.3 is 5.32 Å². The second-order valence-electron chi connectivity index (χ2n) is 4.80. The van der Waals surface area contributed by atoms with Gasteiger partial charge in [0.1, 0.15) is 11.7 Å². The quantitative estimate of drug-likeness (QED) is 0.728. The first-order valence-corrected chi connectivity index (χ1v) is 5.76. The molecule has 0 radical (unpaired) electrons. The summed E-state index contributed by atoms with van der Waals surface area (Å²) in [7, 11) is 0. The number of alkyl halides is 4. The third-order valence-electron chi connectivity index (χ3n) is 2.30. The summed E-state index contributed by atoms with van der Waals surface area (Å²) in [6.45, 7) is 5.27. The van der Waals surface area contributed by atoms with Crippen LogP contribution in [0.2, 0.25) is 0 Å². The molecule has 0 saturated carbocycles. The monoisotopic (exact) mass is 272 g/mol. The van der Waals surface area contributed by atoms with E-state index in [0.29, 0.717) is 0 Å². The molecule has 0 aliphatic rings. The molecule has 0 aliphatic carbocycles. The average Bonchev–Trinajstić information content (AvgIpc) is 2.13. The lowest BCUT2D eigenvalue weighted by Gasteiger charge is -2.27. The molecule has 0 rings (SSSR count). The number of halogens is 4. The van der Waals surface area contributed by atoms with E-state index in [1.54, 1.807) is 6.92 Å². The summed E-state index contributed by atoms with van der Waals surface area (Å²) in [4.78, 5) is 11.6. The second kappa shape index (κ2) is 6.36. The Morgan fingerprint density at radius 3 is 2.06 bits per heavy atom. The Kier molecular flexibility index (Phi) is 6.06. The van der Waals surface area contributed by atoms with Crippen LogP contribution in [0.4, 0.5) is 17.6 Å². The fourth-order valence-electron chi connectivity index (χ4n) is 1.41. The second-order valence-corrected chi connectivity index (χ2v) is 4.80. The van der Waals surface area contributed by atoms with E-state index in [0.717, 1.165) is 6.92 Å². The molecule has 7 heteroatoms. The number of likely N-dealkylation sites (N-methyl/N-ethyl adjacent to an activating group) is 1. The molecular weight excluding hydrogens is 252 g/mol. The van der Waals surface area contributed by atoms with E-state index in [1.165, 1.54) is 13.8 Å². The fourth-order valence-corrected chi connectivity index (χ4v) is 1.41. The van der Waals surface area contributed by atoms with Crippen LogP contribution in [0.25, 0.3) is 0 Å². The highest BCUT2D eigenvalue weighted by molar-refractivity contribution is 5.81. The molecule has 0 aromatic heterocycles. The van der Waals surface area contributed by atoms with E-state index in [-0.39, 0.29) is 13.0 Å². The van der Waals surface area contributed by atoms with Crippen LogP contribution in [0.3, 0.4) is 0 Å². The van der Waals surface area contributed by atoms with E-state index in [9.17, 15) is 22.4 Å². The van der Waals surface area contributed by atoms with Gasteiger partial charge in [-0.2, -0.15) is 13.2 Å². The summed E-state index contributed by atoms with van der Waals surface area (Å²) < 4.78 is 50.7. The lowest BCUT2D eigenvalue weighted by molar-refractivity contribution is -0.155. The fraction of sp³-hybridized carbons (Fsp3) is 0.909. The minimum Gasteiger partial charge on any atom is -0.355 e. The SMILES string of the molecule is CCNC(=O)[C@H](CC(C)(C)F)N[C@@H](C)C(F)(F)F. The Labute approximate surface area is 104 Å². The smallest absolute Gasteiger partial charge is 0.355 e. The van der Waals surface area contributed by atoms with Crippen molar-refractivity contribution < 1.29 is 22.4 Å². The van der Waals surface area contributed by atoms with Gasteiger partial charge in [0, 0.05) is 13.0 Å². The molecule has 0 heterocycles. The summed E-state index contributed by atoms with van der Waals surface area (Å²) in [6.07, 6.45) is -4.79. The lowest BCUT2D eigenvalue weighted by Crippen LogP contribution is -2.53. The third-order valence-corrected chi connectivity index (χ3v) is 2.30. The normalized spacial score (nSPS) is 16.2. The molecule has 1 amide bonds. The molecule has 0 bridgehead atoms. The molecular formula is C11H20F4N2O. The number of nitrogens with one attached hydrogen (secondary N) is 2. The molecule has 2 N–H and O–H groups in total. The Morgan fingerprint density at radius 1 is 1.22 bits per heavy atom. The van der Waals surface area contributed by atoms with Crippen LogP contribution in [0.5, 0.6) is 0 Å². The highest BCUT2D eigenvalue weighted by Crippen LogP contribution is 2.22. The summed E-state index contributed by atoms with van der Waals surface area (Å²) in [6, 6.07) is -3.07. The van der Waals surface area contributed by atoms with Crippen molar-refractivity contribution in [3.63, 3.8) is 0 Å². The van der Waals surface area contributed by atoms with Crippen LogP contribution < -0.4 is 10.6 Å². The number of carbonyl (C=O) groups is 1. The maximum absolute atomic E-state index is 13.5. The van der Waals surface area contributed by atoms with Crippen molar-refractivity contribution in [2.24, 2.45) is 0 Å². The highest BCUT2D eigenvalue weighted by Gasteiger charge is 2.39. The van der Waals surface area contributed by atoms with Gasteiger partial charge in [0.15, 0.2) is 0 Å². The van der Waals surface area contributed by atoms with Crippen LogP contribution in [0.1, 0.15) is 34.1 Å². The van der Waals surface area contributed by atoms with Crippen LogP contribution in [0.15, 0.2) is 0 Å². The van der Waals surface area contributed by atoms with Gasteiger partial charge in [0.2, 0.25) is 5.91 Å². The Morgan fingerprint density at radius 2 is 1.72 bits per heavy atom. The molecule has 0 aromatic carbocycles. The van der Waals surface area contributed by atoms with E-state index >= 15 is 0 Å². The van der Waals surface area contributed by atoms with Crippen molar-refractivity contribution in [2.45, 2.75) is 58.0 Å². The summed E-state index contributed by atoms with van der Waals surface area (Å²) in [5, 5.41) is 4.51. The Hall–Kier alpha value is -0.850. The summed E-state index contributed by atoms with van der Waals surface area (Å²) in [5.41, 5.74) is -1.73.